The molecular formula is C7H12O3. The van der Waals surface area contributed by atoms with Crippen molar-refractivity contribution < 1.29 is 14.2 Å². The van der Waals surface area contributed by atoms with Gasteiger partial charge in [-0.15, -0.1) is 0 Å². The SMILES string of the molecule is C=C1OCCC1OCOC. The molecule has 1 unspecified atom stereocenters. The quantitative estimate of drug-likeness (QED) is 0.551. The van der Waals surface area contributed by atoms with Crippen molar-refractivity contribution in [3.05, 3.63) is 12.3 Å². The summed E-state index contributed by atoms with van der Waals surface area (Å²) in [4.78, 5) is 0. The van der Waals surface area contributed by atoms with Crippen LogP contribution in [0.1, 0.15) is 6.42 Å². The van der Waals surface area contributed by atoms with E-state index in [0.29, 0.717) is 13.4 Å². The van der Waals surface area contributed by atoms with Gasteiger partial charge in [0.2, 0.25) is 0 Å². The Kier molecular flexibility index (Phi) is 2.71. The summed E-state index contributed by atoms with van der Waals surface area (Å²) in [5.74, 6) is 0.719. The number of hydrogen-bond acceptors (Lipinski definition) is 3. The number of rotatable bonds is 3. The molecule has 1 rings (SSSR count). The minimum absolute atomic E-state index is 0.0416. The Balaban J connectivity index is 2.20. The average Bonchev–Trinajstić information content (AvgIpc) is 2.31. The highest BCUT2D eigenvalue weighted by molar-refractivity contribution is 4.97. The summed E-state index contributed by atoms with van der Waals surface area (Å²) < 4.78 is 15.0. The van der Waals surface area contributed by atoms with Crippen LogP contribution in [0.25, 0.3) is 0 Å². The molecule has 58 valence electrons. The van der Waals surface area contributed by atoms with Crippen molar-refractivity contribution in [2.45, 2.75) is 12.5 Å². The highest BCUT2D eigenvalue weighted by Crippen LogP contribution is 2.18. The summed E-state index contributed by atoms with van der Waals surface area (Å²) in [5.41, 5.74) is 0. The van der Waals surface area contributed by atoms with Crippen LogP contribution in [-0.2, 0) is 14.2 Å². The van der Waals surface area contributed by atoms with E-state index in [1.54, 1.807) is 7.11 Å². The van der Waals surface area contributed by atoms with Gasteiger partial charge in [0.1, 0.15) is 18.7 Å². The predicted molar refractivity (Wildman–Crippen MR) is 36.5 cm³/mol. The standard InChI is InChI=1S/C7H12O3/c1-6-7(3-4-9-6)10-5-8-2/h7H,1,3-5H2,2H3. The van der Waals surface area contributed by atoms with Crippen LogP contribution in [0.3, 0.4) is 0 Å². The lowest BCUT2D eigenvalue weighted by atomic mass is 10.3. The fourth-order valence-corrected chi connectivity index (χ4v) is 0.877. The molecule has 0 bridgehead atoms. The van der Waals surface area contributed by atoms with Gasteiger partial charge in [0, 0.05) is 13.5 Å². The summed E-state index contributed by atoms with van der Waals surface area (Å²) in [7, 11) is 1.60. The fourth-order valence-electron chi connectivity index (χ4n) is 0.877. The first-order chi connectivity index (χ1) is 4.84. The lowest BCUT2D eigenvalue weighted by Gasteiger charge is -2.08. The second-order valence-corrected chi connectivity index (χ2v) is 2.17. The molecule has 0 radical (unpaired) electrons. The van der Waals surface area contributed by atoms with Crippen LogP contribution in [-0.4, -0.2) is 26.6 Å². The van der Waals surface area contributed by atoms with E-state index >= 15 is 0 Å². The molecule has 0 saturated carbocycles. The van der Waals surface area contributed by atoms with Gasteiger partial charge in [-0.1, -0.05) is 6.58 Å². The molecule has 10 heavy (non-hydrogen) atoms. The third kappa shape index (κ3) is 1.72. The molecule has 0 N–H and O–H groups in total. The van der Waals surface area contributed by atoms with Gasteiger partial charge in [-0.05, 0) is 0 Å². The van der Waals surface area contributed by atoms with Gasteiger partial charge in [-0.3, -0.25) is 0 Å². The van der Waals surface area contributed by atoms with Crippen LogP contribution in [0, 0.1) is 0 Å². The molecule has 1 heterocycles. The minimum atomic E-state index is 0.0416. The molecule has 0 aromatic carbocycles. The molecule has 0 aliphatic carbocycles. The molecule has 3 heteroatoms. The average molecular weight is 144 g/mol. The molecule has 3 nitrogen and oxygen atoms in total. The van der Waals surface area contributed by atoms with Crippen LogP contribution in [0.4, 0.5) is 0 Å². The fraction of sp³-hybridized carbons (Fsp3) is 0.714. The first kappa shape index (κ1) is 7.57. The molecule has 0 aromatic rings. The van der Waals surface area contributed by atoms with Gasteiger partial charge in [-0.2, -0.15) is 0 Å². The third-order valence-corrected chi connectivity index (χ3v) is 1.41. The van der Waals surface area contributed by atoms with Crippen LogP contribution in [0.2, 0.25) is 0 Å². The Labute approximate surface area is 60.6 Å². The molecule has 1 aliphatic rings. The first-order valence-electron chi connectivity index (χ1n) is 3.26. The summed E-state index contributed by atoms with van der Waals surface area (Å²) in [6.07, 6.45) is 0.933. The van der Waals surface area contributed by atoms with Crippen molar-refractivity contribution >= 4 is 0 Å². The van der Waals surface area contributed by atoms with E-state index in [1.807, 2.05) is 0 Å². The Morgan fingerprint density at radius 3 is 3.10 bits per heavy atom. The molecule has 1 aliphatic heterocycles. The van der Waals surface area contributed by atoms with Crippen LogP contribution in [0.5, 0.6) is 0 Å². The van der Waals surface area contributed by atoms with E-state index < -0.39 is 0 Å². The highest BCUT2D eigenvalue weighted by atomic mass is 16.7. The number of methoxy groups -OCH3 is 1. The maximum Gasteiger partial charge on any atom is 0.147 e. The van der Waals surface area contributed by atoms with Gasteiger partial charge in [-0.25, -0.2) is 0 Å². The summed E-state index contributed by atoms with van der Waals surface area (Å²) >= 11 is 0. The molecular weight excluding hydrogens is 132 g/mol. The summed E-state index contributed by atoms with van der Waals surface area (Å²) in [6, 6.07) is 0. The highest BCUT2D eigenvalue weighted by Gasteiger charge is 2.20. The third-order valence-electron chi connectivity index (χ3n) is 1.41. The van der Waals surface area contributed by atoms with Gasteiger partial charge in [0.05, 0.1) is 6.61 Å². The lowest BCUT2D eigenvalue weighted by Crippen LogP contribution is -2.11. The van der Waals surface area contributed by atoms with E-state index in [2.05, 4.69) is 6.58 Å². The number of hydrogen-bond donors (Lipinski definition) is 0. The minimum Gasteiger partial charge on any atom is -0.496 e. The molecule has 1 fully saturated rings. The summed E-state index contributed by atoms with van der Waals surface area (Å²) in [6.45, 7) is 4.71. The molecule has 1 atom stereocenters. The van der Waals surface area contributed by atoms with Crippen LogP contribution in [0.15, 0.2) is 12.3 Å². The Hall–Kier alpha value is -0.540. The monoisotopic (exact) mass is 144 g/mol. The van der Waals surface area contributed by atoms with E-state index in [0.717, 1.165) is 12.2 Å². The van der Waals surface area contributed by atoms with Crippen molar-refractivity contribution in [3.8, 4) is 0 Å². The zero-order chi connectivity index (χ0) is 7.40. The van der Waals surface area contributed by atoms with E-state index in [9.17, 15) is 0 Å². The van der Waals surface area contributed by atoms with Crippen LogP contribution < -0.4 is 0 Å². The smallest absolute Gasteiger partial charge is 0.147 e. The van der Waals surface area contributed by atoms with Crippen molar-refractivity contribution in [2.24, 2.45) is 0 Å². The maximum absolute atomic E-state index is 5.22. The normalized spacial score (nSPS) is 24.9. The van der Waals surface area contributed by atoms with Crippen molar-refractivity contribution in [3.63, 3.8) is 0 Å². The summed E-state index contributed by atoms with van der Waals surface area (Å²) in [5, 5.41) is 0. The van der Waals surface area contributed by atoms with Crippen molar-refractivity contribution in [1.29, 1.82) is 0 Å². The van der Waals surface area contributed by atoms with Gasteiger partial charge < -0.3 is 14.2 Å². The zero-order valence-corrected chi connectivity index (χ0v) is 6.13. The first-order valence-corrected chi connectivity index (χ1v) is 3.26. The zero-order valence-electron chi connectivity index (χ0n) is 6.13. The van der Waals surface area contributed by atoms with Gasteiger partial charge in [0.15, 0.2) is 0 Å². The molecule has 0 spiro atoms. The van der Waals surface area contributed by atoms with Gasteiger partial charge in [0.25, 0.3) is 0 Å². The molecule has 0 amide bonds. The van der Waals surface area contributed by atoms with E-state index in [4.69, 9.17) is 14.2 Å². The number of ether oxygens (including phenoxy) is 3. The Morgan fingerprint density at radius 1 is 1.80 bits per heavy atom. The van der Waals surface area contributed by atoms with Crippen molar-refractivity contribution in [2.75, 3.05) is 20.5 Å². The maximum atomic E-state index is 5.22. The van der Waals surface area contributed by atoms with Gasteiger partial charge >= 0.3 is 0 Å². The second-order valence-electron chi connectivity index (χ2n) is 2.17. The molecule has 1 saturated heterocycles. The predicted octanol–water partition coefficient (Wildman–Crippen LogP) is 0.909. The molecule has 0 aromatic heterocycles. The largest absolute Gasteiger partial charge is 0.496 e. The Bertz CT molecular complexity index is 122. The Morgan fingerprint density at radius 2 is 2.60 bits per heavy atom. The van der Waals surface area contributed by atoms with E-state index in [-0.39, 0.29) is 6.10 Å². The van der Waals surface area contributed by atoms with Crippen molar-refractivity contribution in [1.82, 2.24) is 0 Å². The second kappa shape index (κ2) is 3.58. The van der Waals surface area contributed by atoms with Crippen LogP contribution >= 0.6 is 0 Å². The van der Waals surface area contributed by atoms with E-state index in [1.165, 1.54) is 0 Å². The topological polar surface area (TPSA) is 27.7 Å². The lowest BCUT2D eigenvalue weighted by molar-refractivity contribution is -0.0590.